The Morgan fingerprint density at radius 3 is 2.68 bits per heavy atom. The minimum Gasteiger partial charge on any atom is -0.352 e. The number of nitrogens with one attached hydrogen (secondary N) is 2. The van der Waals surface area contributed by atoms with Gasteiger partial charge in [-0.3, -0.25) is 4.99 Å². The Morgan fingerprint density at radius 2 is 2.04 bits per heavy atom. The number of thioether (sulfide) groups is 1. The van der Waals surface area contributed by atoms with Gasteiger partial charge in [-0.25, -0.2) is 9.37 Å². The van der Waals surface area contributed by atoms with Crippen molar-refractivity contribution in [3.63, 3.8) is 0 Å². The largest absolute Gasteiger partial charge is 0.352 e. The van der Waals surface area contributed by atoms with Gasteiger partial charge >= 0.3 is 0 Å². The van der Waals surface area contributed by atoms with Gasteiger partial charge in [0, 0.05) is 24.7 Å². The molecule has 0 fully saturated rings. The number of aromatic nitrogens is 1. The first-order valence-corrected chi connectivity index (χ1v) is 10.1. The smallest absolute Gasteiger partial charge is 0.191 e. The third-order valence-electron chi connectivity index (χ3n) is 3.48. The van der Waals surface area contributed by atoms with Crippen molar-refractivity contribution in [2.45, 2.75) is 32.2 Å². The van der Waals surface area contributed by atoms with Gasteiger partial charge in [-0.1, -0.05) is 13.0 Å². The van der Waals surface area contributed by atoms with E-state index in [1.165, 1.54) is 6.07 Å². The molecule has 0 aliphatic carbocycles. The van der Waals surface area contributed by atoms with Crippen molar-refractivity contribution in [3.8, 4) is 0 Å². The van der Waals surface area contributed by atoms with Gasteiger partial charge < -0.3 is 10.6 Å². The number of aliphatic imine (C=N–C) groups is 1. The SMILES string of the molecule is CCc1nc(CNC(=NC)NCc2ccc(F)cc2CSC)cs1.I. The van der Waals surface area contributed by atoms with E-state index < -0.39 is 0 Å². The van der Waals surface area contributed by atoms with E-state index in [9.17, 15) is 4.39 Å². The number of nitrogens with zero attached hydrogens (tertiary/aromatic N) is 2. The van der Waals surface area contributed by atoms with Gasteiger partial charge in [0.25, 0.3) is 0 Å². The van der Waals surface area contributed by atoms with Crippen LogP contribution in [0.25, 0.3) is 0 Å². The molecule has 25 heavy (non-hydrogen) atoms. The summed E-state index contributed by atoms with van der Waals surface area (Å²) in [7, 11) is 1.74. The number of hydrogen-bond donors (Lipinski definition) is 2. The lowest BCUT2D eigenvalue weighted by molar-refractivity contribution is 0.625. The zero-order valence-electron chi connectivity index (χ0n) is 14.6. The van der Waals surface area contributed by atoms with E-state index in [0.29, 0.717) is 19.0 Å². The highest BCUT2D eigenvalue weighted by Gasteiger charge is 2.06. The fourth-order valence-corrected chi connectivity index (χ4v) is 3.55. The molecule has 1 aromatic carbocycles. The Kier molecular flexibility index (Phi) is 10.4. The molecule has 0 spiro atoms. The van der Waals surface area contributed by atoms with Crippen LogP contribution in [-0.2, 0) is 25.3 Å². The molecule has 0 atom stereocenters. The van der Waals surface area contributed by atoms with Gasteiger partial charge in [-0.05, 0) is 35.9 Å². The zero-order chi connectivity index (χ0) is 17.4. The summed E-state index contributed by atoms with van der Waals surface area (Å²) in [5, 5.41) is 9.74. The molecule has 1 heterocycles. The fraction of sp³-hybridized carbons (Fsp3) is 0.412. The molecular formula is C17H24FIN4S2. The molecule has 2 rings (SSSR count). The zero-order valence-corrected chi connectivity index (χ0v) is 18.6. The summed E-state index contributed by atoms with van der Waals surface area (Å²) in [6.07, 6.45) is 2.97. The quantitative estimate of drug-likeness (QED) is 0.345. The first-order valence-electron chi connectivity index (χ1n) is 7.80. The minimum atomic E-state index is -0.194. The molecule has 0 aliphatic heterocycles. The van der Waals surface area contributed by atoms with Crippen molar-refractivity contribution >= 4 is 53.0 Å². The lowest BCUT2D eigenvalue weighted by atomic mass is 10.1. The average Bonchev–Trinajstić information content (AvgIpc) is 3.05. The summed E-state index contributed by atoms with van der Waals surface area (Å²) < 4.78 is 13.4. The van der Waals surface area contributed by atoms with Crippen molar-refractivity contribution in [3.05, 3.63) is 51.2 Å². The van der Waals surface area contributed by atoms with E-state index in [0.717, 1.165) is 34.0 Å². The second kappa shape index (κ2) is 11.7. The number of rotatable bonds is 7. The van der Waals surface area contributed by atoms with Crippen LogP contribution < -0.4 is 10.6 Å². The number of halogens is 2. The van der Waals surface area contributed by atoms with E-state index in [1.807, 2.05) is 12.3 Å². The van der Waals surface area contributed by atoms with Crippen LogP contribution >= 0.6 is 47.1 Å². The van der Waals surface area contributed by atoms with Crippen LogP contribution in [0.4, 0.5) is 4.39 Å². The number of thiazole rings is 1. The highest BCUT2D eigenvalue weighted by atomic mass is 127. The van der Waals surface area contributed by atoms with Gasteiger partial charge in [0.05, 0.1) is 17.2 Å². The van der Waals surface area contributed by atoms with Crippen LogP contribution in [0.15, 0.2) is 28.6 Å². The first kappa shape index (κ1) is 22.2. The van der Waals surface area contributed by atoms with Crippen molar-refractivity contribution in [1.29, 1.82) is 0 Å². The Morgan fingerprint density at radius 1 is 1.28 bits per heavy atom. The van der Waals surface area contributed by atoms with Gasteiger partial charge in [0.2, 0.25) is 0 Å². The summed E-state index contributed by atoms with van der Waals surface area (Å²) >= 11 is 3.36. The summed E-state index contributed by atoms with van der Waals surface area (Å²) in [5.41, 5.74) is 3.11. The standard InChI is InChI=1S/C17H23FN4S2.HI/c1-4-16-22-15(11-24-16)9-21-17(19-2)20-8-12-5-6-14(18)7-13(12)10-23-3;/h5-7,11H,4,8-10H2,1-3H3,(H2,19,20,21);1H. The van der Waals surface area contributed by atoms with Gasteiger partial charge in [-0.2, -0.15) is 11.8 Å². The molecule has 4 nitrogen and oxygen atoms in total. The molecule has 2 N–H and O–H groups in total. The Labute approximate surface area is 174 Å². The van der Waals surface area contributed by atoms with Crippen LogP contribution in [0, 0.1) is 5.82 Å². The van der Waals surface area contributed by atoms with Crippen molar-refractivity contribution in [2.75, 3.05) is 13.3 Å². The summed E-state index contributed by atoms with van der Waals surface area (Å²) in [6.45, 7) is 3.34. The molecule has 8 heteroatoms. The third-order valence-corrected chi connectivity index (χ3v) is 5.12. The number of aryl methyl sites for hydroxylation is 1. The van der Waals surface area contributed by atoms with Crippen LogP contribution in [0.1, 0.15) is 28.8 Å². The number of hydrogen-bond acceptors (Lipinski definition) is 4. The second-order valence-electron chi connectivity index (χ2n) is 5.21. The molecule has 1 aromatic heterocycles. The Bertz CT molecular complexity index is 691. The molecule has 0 unspecified atom stereocenters. The van der Waals surface area contributed by atoms with Crippen LogP contribution in [0.5, 0.6) is 0 Å². The molecule has 0 aliphatic rings. The Hall–Kier alpha value is -0.870. The van der Waals surface area contributed by atoms with Crippen LogP contribution in [-0.4, -0.2) is 24.2 Å². The maximum Gasteiger partial charge on any atom is 0.191 e. The molecule has 0 amide bonds. The van der Waals surface area contributed by atoms with Crippen molar-refractivity contribution in [2.24, 2.45) is 4.99 Å². The molecule has 0 saturated carbocycles. The normalized spacial score (nSPS) is 11.1. The predicted molar refractivity (Wildman–Crippen MR) is 118 cm³/mol. The van der Waals surface area contributed by atoms with E-state index in [2.05, 4.69) is 32.9 Å². The molecule has 138 valence electrons. The van der Waals surface area contributed by atoms with E-state index in [-0.39, 0.29) is 29.8 Å². The average molecular weight is 494 g/mol. The van der Waals surface area contributed by atoms with E-state index in [4.69, 9.17) is 0 Å². The molecule has 0 radical (unpaired) electrons. The predicted octanol–water partition coefficient (Wildman–Crippen LogP) is 4.19. The maximum absolute atomic E-state index is 13.4. The minimum absolute atomic E-state index is 0. The maximum atomic E-state index is 13.4. The van der Waals surface area contributed by atoms with Crippen molar-refractivity contribution in [1.82, 2.24) is 15.6 Å². The number of benzene rings is 1. The van der Waals surface area contributed by atoms with Crippen LogP contribution in [0.3, 0.4) is 0 Å². The third kappa shape index (κ3) is 7.10. The summed E-state index contributed by atoms with van der Waals surface area (Å²) in [5.74, 6) is 1.31. The lowest BCUT2D eigenvalue weighted by Crippen LogP contribution is -2.36. The van der Waals surface area contributed by atoms with Gasteiger partial charge in [0.15, 0.2) is 5.96 Å². The highest BCUT2D eigenvalue weighted by molar-refractivity contribution is 14.0. The summed E-state index contributed by atoms with van der Waals surface area (Å²) in [6, 6.07) is 4.93. The van der Waals surface area contributed by atoms with Gasteiger partial charge in [-0.15, -0.1) is 35.3 Å². The van der Waals surface area contributed by atoms with Gasteiger partial charge in [0.1, 0.15) is 5.82 Å². The molecule has 0 saturated heterocycles. The molecular weight excluding hydrogens is 470 g/mol. The molecule has 0 bridgehead atoms. The lowest BCUT2D eigenvalue weighted by Gasteiger charge is -2.13. The topological polar surface area (TPSA) is 49.3 Å². The van der Waals surface area contributed by atoms with Crippen molar-refractivity contribution < 1.29 is 4.39 Å². The van der Waals surface area contributed by atoms with Crippen LogP contribution in [0.2, 0.25) is 0 Å². The monoisotopic (exact) mass is 494 g/mol. The number of guanidine groups is 1. The van der Waals surface area contributed by atoms with E-state index in [1.54, 1.807) is 36.2 Å². The summed E-state index contributed by atoms with van der Waals surface area (Å²) in [4.78, 5) is 8.76. The van der Waals surface area contributed by atoms with E-state index >= 15 is 0 Å². The molecule has 2 aromatic rings. The highest BCUT2D eigenvalue weighted by Crippen LogP contribution is 2.16. The second-order valence-corrected chi connectivity index (χ2v) is 7.02. The Balaban J connectivity index is 0.00000312. The fourth-order valence-electron chi connectivity index (χ4n) is 2.22. The first-order chi connectivity index (χ1) is 11.7.